The van der Waals surface area contributed by atoms with Crippen LogP contribution in [0.1, 0.15) is 10.6 Å². The predicted molar refractivity (Wildman–Crippen MR) is 76.2 cm³/mol. The van der Waals surface area contributed by atoms with Crippen molar-refractivity contribution in [2.45, 2.75) is 0 Å². The zero-order valence-corrected chi connectivity index (χ0v) is 10.5. The molecule has 94 valence electrons. The van der Waals surface area contributed by atoms with Crippen LogP contribution in [0, 0.1) is 0 Å². The van der Waals surface area contributed by atoms with Crippen molar-refractivity contribution in [2.75, 3.05) is 0 Å². The Morgan fingerprint density at radius 2 is 1.84 bits per heavy atom. The van der Waals surface area contributed by atoms with Crippen molar-refractivity contribution < 1.29 is 0 Å². The Balaban J connectivity index is 2.03. The average Bonchev–Trinajstić information content (AvgIpc) is 2.81. The minimum absolute atomic E-state index is 0.261. The van der Waals surface area contributed by atoms with E-state index in [0.29, 0.717) is 9.84 Å². The lowest BCUT2D eigenvalue weighted by Gasteiger charge is -1.89. The maximum absolute atomic E-state index is 11.5. The fraction of sp³-hybridized carbons (Fsp3) is 0. The molecule has 0 aliphatic rings. The summed E-state index contributed by atoms with van der Waals surface area (Å²) in [4.78, 5) is 32.1. The fourth-order valence-corrected chi connectivity index (χ4v) is 2.54. The quantitative estimate of drug-likeness (QED) is 0.746. The third-order valence-corrected chi connectivity index (χ3v) is 3.47. The number of nitrogens with zero attached hydrogens (tertiary/aromatic N) is 1. The van der Waals surface area contributed by atoms with Gasteiger partial charge in [-0.2, -0.15) is 0 Å². The maximum atomic E-state index is 11.5. The van der Waals surface area contributed by atoms with Gasteiger partial charge in [-0.3, -0.25) is 14.8 Å². The van der Waals surface area contributed by atoms with Crippen molar-refractivity contribution in [1.29, 1.82) is 0 Å². The highest BCUT2D eigenvalue weighted by molar-refractivity contribution is 7.18. The zero-order valence-electron chi connectivity index (χ0n) is 9.71. The van der Waals surface area contributed by atoms with Gasteiger partial charge in [0.2, 0.25) is 0 Å². The summed E-state index contributed by atoms with van der Waals surface area (Å²) in [7, 11) is 0. The van der Waals surface area contributed by atoms with Gasteiger partial charge in [0.1, 0.15) is 9.84 Å². The van der Waals surface area contributed by atoms with Gasteiger partial charge in [0.15, 0.2) is 5.52 Å². The van der Waals surface area contributed by atoms with Crippen LogP contribution in [-0.4, -0.2) is 15.0 Å². The summed E-state index contributed by atoms with van der Waals surface area (Å²) in [5, 5.41) is 0.672. The largest absolute Gasteiger partial charge is 0.326 e. The average molecular weight is 271 g/mol. The van der Waals surface area contributed by atoms with Crippen molar-refractivity contribution in [1.82, 2.24) is 15.0 Å². The van der Waals surface area contributed by atoms with Crippen molar-refractivity contribution >= 4 is 33.8 Å². The van der Waals surface area contributed by atoms with E-state index in [1.54, 1.807) is 0 Å². The molecule has 0 radical (unpaired) electrons. The van der Waals surface area contributed by atoms with Gasteiger partial charge in [-0.05, 0) is 11.6 Å². The molecule has 0 saturated heterocycles. The summed E-state index contributed by atoms with van der Waals surface area (Å²) in [6.45, 7) is 0. The van der Waals surface area contributed by atoms with E-state index >= 15 is 0 Å². The SMILES string of the molecule is O=c1[nH]c(=O)c2nc(/C=C/c3ccccc3)sc2[nH]1. The molecule has 5 nitrogen and oxygen atoms in total. The zero-order chi connectivity index (χ0) is 13.2. The van der Waals surface area contributed by atoms with E-state index in [9.17, 15) is 9.59 Å². The molecule has 1 aromatic carbocycles. The monoisotopic (exact) mass is 271 g/mol. The summed E-state index contributed by atoms with van der Waals surface area (Å²) in [5.74, 6) is 0. The molecule has 2 heterocycles. The van der Waals surface area contributed by atoms with Crippen molar-refractivity contribution in [3.63, 3.8) is 0 Å². The fourth-order valence-electron chi connectivity index (χ4n) is 1.67. The number of nitrogens with one attached hydrogen (secondary N) is 2. The Morgan fingerprint density at radius 3 is 2.63 bits per heavy atom. The second-order valence-electron chi connectivity index (χ2n) is 3.88. The van der Waals surface area contributed by atoms with Crippen LogP contribution in [0.15, 0.2) is 39.9 Å². The predicted octanol–water partition coefficient (Wildman–Crippen LogP) is 1.84. The molecule has 2 N–H and O–H groups in total. The third kappa shape index (κ3) is 2.38. The van der Waals surface area contributed by atoms with E-state index in [0.717, 1.165) is 5.56 Å². The summed E-state index contributed by atoms with van der Waals surface area (Å²) >= 11 is 1.27. The van der Waals surface area contributed by atoms with Crippen molar-refractivity contribution in [3.8, 4) is 0 Å². The second kappa shape index (κ2) is 4.66. The number of fused-ring (bicyclic) bond motifs is 1. The van der Waals surface area contributed by atoms with Gasteiger partial charge < -0.3 is 0 Å². The molecule has 0 aliphatic heterocycles. The van der Waals surface area contributed by atoms with Gasteiger partial charge in [0.05, 0.1) is 0 Å². The Morgan fingerprint density at radius 1 is 1.05 bits per heavy atom. The molecule has 0 saturated carbocycles. The molecular weight excluding hydrogens is 262 g/mol. The van der Waals surface area contributed by atoms with Gasteiger partial charge in [-0.1, -0.05) is 47.7 Å². The number of aromatic nitrogens is 3. The van der Waals surface area contributed by atoms with Crippen LogP contribution < -0.4 is 11.2 Å². The minimum Gasteiger partial charge on any atom is -0.297 e. The molecule has 0 aliphatic carbocycles. The number of hydrogen-bond acceptors (Lipinski definition) is 4. The highest BCUT2D eigenvalue weighted by atomic mass is 32.1. The first-order valence-electron chi connectivity index (χ1n) is 5.59. The lowest BCUT2D eigenvalue weighted by Crippen LogP contribution is -2.21. The highest BCUT2D eigenvalue weighted by Gasteiger charge is 2.06. The van der Waals surface area contributed by atoms with Gasteiger partial charge in [0, 0.05) is 0 Å². The molecule has 0 unspecified atom stereocenters. The van der Waals surface area contributed by atoms with E-state index in [2.05, 4.69) is 15.0 Å². The highest BCUT2D eigenvalue weighted by Crippen LogP contribution is 2.18. The van der Waals surface area contributed by atoms with Crippen LogP contribution in [0.5, 0.6) is 0 Å². The molecular formula is C13H9N3O2S. The van der Waals surface area contributed by atoms with Crippen molar-refractivity contribution in [3.05, 3.63) is 61.7 Å². The number of hydrogen-bond donors (Lipinski definition) is 2. The van der Waals surface area contributed by atoms with Crippen LogP contribution in [0.2, 0.25) is 0 Å². The molecule has 6 heteroatoms. The van der Waals surface area contributed by atoms with Gasteiger partial charge in [-0.15, -0.1) is 0 Å². The minimum atomic E-state index is -0.514. The molecule has 2 aromatic heterocycles. The first kappa shape index (κ1) is 11.6. The van der Waals surface area contributed by atoms with Crippen LogP contribution in [-0.2, 0) is 0 Å². The molecule has 0 amide bonds. The Kier molecular flexibility index (Phi) is 2.85. The Bertz CT molecular complexity index is 859. The summed E-state index contributed by atoms with van der Waals surface area (Å²) in [6.07, 6.45) is 3.72. The topological polar surface area (TPSA) is 78.6 Å². The smallest absolute Gasteiger partial charge is 0.297 e. The summed E-state index contributed by atoms with van der Waals surface area (Å²) in [6, 6.07) is 9.77. The van der Waals surface area contributed by atoms with Gasteiger partial charge in [-0.25, -0.2) is 9.78 Å². The number of thiazole rings is 1. The van der Waals surface area contributed by atoms with Crippen LogP contribution >= 0.6 is 11.3 Å². The van der Waals surface area contributed by atoms with Gasteiger partial charge >= 0.3 is 5.69 Å². The Labute approximate surface area is 111 Å². The summed E-state index contributed by atoms with van der Waals surface area (Å²) < 4.78 is 0. The lowest BCUT2D eigenvalue weighted by molar-refractivity contribution is 1.08. The normalized spacial score (nSPS) is 11.4. The van der Waals surface area contributed by atoms with Crippen LogP contribution in [0.25, 0.3) is 22.5 Å². The van der Waals surface area contributed by atoms with E-state index in [-0.39, 0.29) is 5.52 Å². The van der Waals surface area contributed by atoms with E-state index < -0.39 is 11.2 Å². The molecule has 0 spiro atoms. The first-order chi connectivity index (χ1) is 9.22. The lowest BCUT2D eigenvalue weighted by atomic mass is 10.2. The third-order valence-electron chi connectivity index (χ3n) is 2.53. The van der Waals surface area contributed by atoms with E-state index in [4.69, 9.17) is 0 Å². The standard InChI is InChI=1S/C13H9N3O2S/c17-11-10-12(16-13(18)15-11)19-9(14-10)7-6-8-4-2-1-3-5-8/h1-7H,(H2,15,16,17,18)/b7-6+. The maximum Gasteiger partial charge on any atom is 0.326 e. The molecule has 0 bridgehead atoms. The molecule has 0 atom stereocenters. The molecule has 3 aromatic rings. The van der Waals surface area contributed by atoms with Gasteiger partial charge in [0.25, 0.3) is 5.56 Å². The van der Waals surface area contributed by atoms with E-state index in [1.165, 1.54) is 11.3 Å². The number of aromatic amines is 2. The second-order valence-corrected chi connectivity index (χ2v) is 4.91. The molecule has 3 rings (SSSR count). The molecule has 19 heavy (non-hydrogen) atoms. The van der Waals surface area contributed by atoms with Crippen molar-refractivity contribution in [2.24, 2.45) is 0 Å². The molecule has 0 fully saturated rings. The van der Waals surface area contributed by atoms with Crippen LogP contribution in [0.3, 0.4) is 0 Å². The first-order valence-corrected chi connectivity index (χ1v) is 6.40. The number of benzene rings is 1. The number of H-pyrrole nitrogens is 2. The van der Waals surface area contributed by atoms with E-state index in [1.807, 2.05) is 42.5 Å². The van der Waals surface area contributed by atoms with Crippen LogP contribution in [0.4, 0.5) is 0 Å². The Hall–Kier alpha value is -2.47. The summed E-state index contributed by atoms with van der Waals surface area (Å²) in [5.41, 5.74) is 0.329. The number of rotatable bonds is 2.